The highest BCUT2D eigenvalue weighted by Crippen LogP contribution is 2.16. The molecule has 0 aliphatic carbocycles. The van der Waals surface area contributed by atoms with Crippen molar-refractivity contribution in [3.05, 3.63) is 59.2 Å². The predicted molar refractivity (Wildman–Crippen MR) is 101 cm³/mol. The molecule has 0 atom stereocenters. The van der Waals surface area contributed by atoms with Crippen LogP contribution in [0, 0.1) is 13.8 Å². The number of rotatable bonds is 9. The molecule has 4 nitrogen and oxygen atoms in total. The van der Waals surface area contributed by atoms with Crippen molar-refractivity contribution in [2.75, 3.05) is 19.8 Å². The molecular formula is C21H27NO3. The minimum Gasteiger partial charge on any atom is -0.494 e. The molecule has 0 unspecified atom stereocenters. The zero-order chi connectivity index (χ0) is 18.1. The smallest absolute Gasteiger partial charge is 0.251 e. The summed E-state index contributed by atoms with van der Waals surface area (Å²) >= 11 is 0. The summed E-state index contributed by atoms with van der Waals surface area (Å²) in [6, 6.07) is 13.2. The summed E-state index contributed by atoms with van der Waals surface area (Å²) in [5.74, 6) is 1.51. The standard InChI is InChI=1S/C21H27NO3/c1-4-5-13-24-19-10-7-18(8-11-19)21(23)22-12-14-25-20-9-6-16(2)17(3)15-20/h6-11,15H,4-5,12-14H2,1-3H3,(H,22,23). The van der Waals surface area contributed by atoms with Gasteiger partial charge in [0.1, 0.15) is 18.1 Å². The molecule has 0 saturated carbocycles. The molecule has 0 radical (unpaired) electrons. The van der Waals surface area contributed by atoms with E-state index in [2.05, 4.69) is 26.1 Å². The highest BCUT2D eigenvalue weighted by Gasteiger charge is 2.05. The third-order valence-electron chi connectivity index (χ3n) is 4.02. The second-order valence-corrected chi connectivity index (χ2v) is 6.08. The van der Waals surface area contributed by atoms with E-state index in [0.717, 1.165) is 24.3 Å². The SMILES string of the molecule is CCCCOc1ccc(C(=O)NCCOc2ccc(C)c(C)c2)cc1. The lowest BCUT2D eigenvalue weighted by atomic mass is 10.1. The molecule has 0 aliphatic heterocycles. The number of hydrogen-bond donors (Lipinski definition) is 1. The molecule has 0 aliphatic rings. The van der Waals surface area contributed by atoms with E-state index in [9.17, 15) is 4.79 Å². The zero-order valence-corrected chi connectivity index (χ0v) is 15.3. The van der Waals surface area contributed by atoms with Crippen molar-refractivity contribution < 1.29 is 14.3 Å². The Hall–Kier alpha value is -2.49. The van der Waals surface area contributed by atoms with E-state index in [1.807, 2.05) is 30.3 Å². The summed E-state index contributed by atoms with van der Waals surface area (Å²) in [7, 11) is 0. The van der Waals surface area contributed by atoms with E-state index >= 15 is 0 Å². The van der Waals surface area contributed by atoms with Crippen LogP contribution < -0.4 is 14.8 Å². The van der Waals surface area contributed by atoms with Gasteiger partial charge in [-0.1, -0.05) is 19.4 Å². The molecule has 0 spiro atoms. The summed E-state index contributed by atoms with van der Waals surface area (Å²) in [5, 5.41) is 2.86. The molecule has 0 heterocycles. The van der Waals surface area contributed by atoms with Crippen LogP contribution in [0.5, 0.6) is 11.5 Å². The van der Waals surface area contributed by atoms with E-state index in [-0.39, 0.29) is 5.91 Å². The number of carbonyl (C=O) groups is 1. The first-order valence-electron chi connectivity index (χ1n) is 8.81. The molecule has 1 amide bonds. The first kappa shape index (κ1) is 18.8. The minimum absolute atomic E-state index is 0.108. The molecule has 134 valence electrons. The Morgan fingerprint density at radius 1 is 0.920 bits per heavy atom. The lowest BCUT2D eigenvalue weighted by Gasteiger charge is -2.10. The van der Waals surface area contributed by atoms with Gasteiger partial charge in [-0.2, -0.15) is 0 Å². The van der Waals surface area contributed by atoms with E-state index in [1.165, 1.54) is 11.1 Å². The number of aryl methyl sites for hydroxylation is 2. The van der Waals surface area contributed by atoms with E-state index in [0.29, 0.717) is 25.3 Å². The lowest BCUT2D eigenvalue weighted by Crippen LogP contribution is -2.28. The summed E-state index contributed by atoms with van der Waals surface area (Å²) in [6.45, 7) is 7.85. The zero-order valence-electron chi connectivity index (χ0n) is 15.3. The van der Waals surface area contributed by atoms with Gasteiger partial charge in [0.25, 0.3) is 5.91 Å². The van der Waals surface area contributed by atoms with Crippen LogP contribution in [0.15, 0.2) is 42.5 Å². The number of ether oxygens (including phenoxy) is 2. The molecule has 2 aromatic rings. The van der Waals surface area contributed by atoms with Crippen LogP contribution in [0.3, 0.4) is 0 Å². The van der Waals surface area contributed by atoms with Crippen molar-refractivity contribution in [3.63, 3.8) is 0 Å². The highest BCUT2D eigenvalue weighted by atomic mass is 16.5. The number of nitrogens with one attached hydrogen (secondary N) is 1. The van der Waals surface area contributed by atoms with Gasteiger partial charge in [-0.3, -0.25) is 4.79 Å². The predicted octanol–water partition coefficient (Wildman–Crippen LogP) is 4.29. The Labute approximate surface area is 150 Å². The van der Waals surface area contributed by atoms with E-state index in [4.69, 9.17) is 9.47 Å². The second-order valence-electron chi connectivity index (χ2n) is 6.08. The van der Waals surface area contributed by atoms with Crippen LogP contribution in [0.1, 0.15) is 41.3 Å². The molecule has 2 rings (SSSR count). The maximum Gasteiger partial charge on any atom is 0.251 e. The Kier molecular flexibility index (Phi) is 7.33. The molecule has 4 heteroatoms. The topological polar surface area (TPSA) is 47.6 Å². The molecule has 0 saturated heterocycles. The Morgan fingerprint density at radius 3 is 2.28 bits per heavy atom. The third-order valence-corrected chi connectivity index (χ3v) is 4.02. The maximum absolute atomic E-state index is 12.1. The van der Waals surface area contributed by atoms with Crippen molar-refractivity contribution in [1.29, 1.82) is 0 Å². The molecule has 1 N–H and O–H groups in total. The van der Waals surface area contributed by atoms with E-state index < -0.39 is 0 Å². The Balaban J connectivity index is 1.73. The molecule has 25 heavy (non-hydrogen) atoms. The molecular weight excluding hydrogens is 314 g/mol. The minimum atomic E-state index is -0.108. The Bertz CT molecular complexity index is 680. The monoisotopic (exact) mass is 341 g/mol. The average molecular weight is 341 g/mol. The van der Waals surface area contributed by atoms with Gasteiger partial charge in [0.2, 0.25) is 0 Å². The Morgan fingerprint density at radius 2 is 1.60 bits per heavy atom. The van der Waals surface area contributed by atoms with Crippen molar-refractivity contribution in [1.82, 2.24) is 5.32 Å². The summed E-state index contributed by atoms with van der Waals surface area (Å²) in [4.78, 5) is 12.1. The first-order chi connectivity index (χ1) is 12.1. The highest BCUT2D eigenvalue weighted by molar-refractivity contribution is 5.94. The second kappa shape index (κ2) is 9.72. The number of amides is 1. The van der Waals surface area contributed by atoms with Crippen LogP contribution in [-0.4, -0.2) is 25.7 Å². The van der Waals surface area contributed by atoms with Gasteiger partial charge in [-0.15, -0.1) is 0 Å². The number of carbonyl (C=O) groups excluding carboxylic acids is 1. The van der Waals surface area contributed by atoms with Gasteiger partial charge in [0.15, 0.2) is 0 Å². The van der Waals surface area contributed by atoms with E-state index in [1.54, 1.807) is 12.1 Å². The fraction of sp³-hybridized carbons (Fsp3) is 0.381. The normalized spacial score (nSPS) is 10.4. The number of hydrogen-bond acceptors (Lipinski definition) is 3. The summed E-state index contributed by atoms with van der Waals surface area (Å²) < 4.78 is 11.3. The van der Waals surface area contributed by atoms with Crippen molar-refractivity contribution in [2.24, 2.45) is 0 Å². The van der Waals surface area contributed by atoms with Gasteiger partial charge < -0.3 is 14.8 Å². The molecule has 2 aromatic carbocycles. The average Bonchev–Trinajstić information content (AvgIpc) is 2.62. The fourth-order valence-corrected chi connectivity index (χ4v) is 2.28. The first-order valence-corrected chi connectivity index (χ1v) is 8.81. The van der Waals surface area contributed by atoms with Gasteiger partial charge in [-0.05, 0) is 67.8 Å². The quantitative estimate of drug-likeness (QED) is 0.692. The number of benzene rings is 2. The van der Waals surface area contributed by atoms with Crippen LogP contribution in [0.2, 0.25) is 0 Å². The maximum atomic E-state index is 12.1. The lowest BCUT2D eigenvalue weighted by molar-refractivity contribution is 0.0947. The third kappa shape index (κ3) is 6.14. The summed E-state index contributed by atoms with van der Waals surface area (Å²) in [5.41, 5.74) is 3.06. The van der Waals surface area contributed by atoms with Crippen LogP contribution in [0.25, 0.3) is 0 Å². The van der Waals surface area contributed by atoms with Crippen molar-refractivity contribution in [3.8, 4) is 11.5 Å². The largest absolute Gasteiger partial charge is 0.494 e. The van der Waals surface area contributed by atoms with Crippen molar-refractivity contribution in [2.45, 2.75) is 33.6 Å². The summed E-state index contributed by atoms with van der Waals surface area (Å²) in [6.07, 6.45) is 2.13. The van der Waals surface area contributed by atoms with Gasteiger partial charge in [0.05, 0.1) is 13.2 Å². The fourth-order valence-electron chi connectivity index (χ4n) is 2.28. The number of unbranched alkanes of at least 4 members (excludes halogenated alkanes) is 1. The van der Waals surface area contributed by atoms with Gasteiger partial charge in [-0.25, -0.2) is 0 Å². The molecule has 0 fully saturated rings. The van der Waals surface area contributed by atoms with Gasteiger partial charge in [0, 0.05) is 5.56 Å². The van der Waals surface area contributed by atoms with Crippen LogP contribution >= 0.6 is 0 Å². The molecule has 0 aromatic heterocycles. The van der Waals surface area contributed by atoms with Crippen LogP contribution in [0.4, 0.5) is 0 Å². The van der Waals surface area contributed by atoms with Gasteiger partial charge >= 0.3 is 0 Å². The van der Waals surface area contributed by atoms with Crippen molar-refractivity contribution >= 4 is 5.91 Å². The molecule has 0 bridgehead atoms. The van der Waals surface area contributed by atoms with Crippen LogP contribution in [-0.2, 0) is 0 Å².